The molecule has 0 radical (unpaired) electrons. The standard InChI is InChI=1S/C11H9IO2S2/c1-14-10(13)11(2-3-11)8-4-6-7(15-8)5-9(12)16-6/h4-5H,2-3H2,1H3. The molecule has 0 amide bonds. The highest BCUT2D eigenvalue weighted by atomic mass is 127. The minimum atomic E-state index is -0.302. The summed E-state index contributed by atoms with van der Waals surface area (Å²) in [6.45, 7) is 0. The molecule has 5 heteroatoms. The molecule has 1 saturated carbocycles. The molecule has 2 heterocycles. The summed E-state index contributed by atoms with van der Waals surface area (Å²) in [5, 5.41) is 0. The van der Waals surface area contributed by atoms with Crippen molar-refractivity contribution in [2.45, 2.75) is 18.3 Å². The van der Waals surface area contributed by atoms with Crippen LogP contribution in [0.5, 0.6) is 0 Å². The summed E-state index contributed by atoms with van der Waals surface area (Å²) in [5.41, 5.74) is -0.302. The van der Waals surface area contributed by atoms with Crippen molar-refractivity contribution in [1.82, 2.24) is 0 Å². The molecule has 84 valence electrons. The molecule has 0 unspecified atom stereocenters. The number of hydrogen-bond acceptors (Lipinski definition) is 4. The van der Waals surface area contributed by atoms with Gasteiger partial charge in [-0.25, -0.2) is 0 Å². The molecular weight excluding hydrogens is 355 g/mol. The highest BCUT2D eigenvalue weighted by molar-refractivity contribution is 14.1. The smallest absolute Gasteiger partial charge is 0.317 e. The molecule has 0 spiro atoms. The van der Waals surface area contributed by atoms with E-state index in [-0.39, 0.29) is 11.4 Å². The average molecular weight is 364 g/mol. The maximum Gasteiger partial charge on any atom is 0.317 e. The minimum absolute atomic E-state index is 0.0731. The quantitative estimate of drug-likeness (QED) is 0.599. The van der Waals surface area contributed by atoms with Gasteiger partial charge in [-0.1, -0.05) is 0 Å². The third-order valence-electron chi connectivity index (χ3n) is 2.97. The Morgan fingerprint density at radius 2 is 2.06 bits per heavy atom. The van der Waals surface area contributed by atoms with Gasteiger partial charge in [0.15, 0.2) is 0 Å². The lowest BCUT2D eigenvalue weighted by Gasteiger charge is -2.09. The Morgan fingerprint density at radius 1 is 1.38 bits per heavy atom. The average Bonchev–Trinajstić information content (AvgIpc) is 2.87. The van der Waals surface area contributed by atoms with Gasteiger partial charge in [0, 0.05) is 14.3 Å². The van der Waals surface area contributed by atoms with Crippen LogP contribution in [0.3, 0.4) is 0 Å². The van der Waals surface area contributed by atoms with E-state index in [4.69, 9.17) is 4.74 Å². The van der Waals surface area contributed by atoms with Crippen LogP contribution in [0.2, 0.25) is 0 Å². The second-order valence-electron chi connectivity index (χ2n) is 3.96. The van der Waals surface area contributed by atoms with Crippen LogP contribution in [0.1, 0.15) is 17.7 Å². The maximum atomic E-state index is 11.7. The Hall–Kier alpha value is -0.140. The van der Waals surface area contributed by atoms with Gasteiger partial charge in [-0.3, -0.25) is 4.79 Å². The number of esters is 1. The number of fused-ring (bicyclic) bond motifs is 1. The van der Waals surface area contributed by atoms with Crippen LogP contribution in [0.4, 0.5) is 0 Å². The third-order valence-corrected chi connectivity index (χ3v) is 6.23. The number of halogens is 1. The summed E-state index contributed by atoms with van der Waals surface area (Å²) in [6.07, 6.45) is 1.87. The molecule has 0 saturated heterocycles. The van der Waals surface area contributed by atoms with E-state index >= 15 is 0 Å². The van der Waals surface area contributed by atoms with Crippen molar-refractivity contribution in [2.24, 2.45) is 0 Å². The first kappa shape index (κ1) is 11.0. The first-order valence-electron chi connectivity index (χ1n) is 4.93. The van der Waals surface area contributed by atoms with Gasteiger partial charge in [0.2, 0.25) is 0 Å². The summed E-state index contributed by atoms with van der Waals surface area (Å²) in [6, 6.07) is 4.35. The monoisotopic (exact) mass is 364 g/mol. The predicted molar refractivity (Wildman–Crippen MR) is 75.3 cm³/mol. The van der Waals surface area contributed by atoms with Crippen LogP contribution < -0.4 is 0 Å². The van der Waals surface area contributed by atoms with Crippen LogP contribution in [-0.2, 0) is 14.9 Å². The number of methoxy groups -OCH3 is 1. The molecule has 2 aromatic heterocycles. The fourth-order valence-electron chi connectivity index (χ4n) is 1.91. The van der Waals surface area contributed by atoms with Gasteiger partial charge in [0.05, 0.1) is 9.99 Å². The Kier molecular flexibility index (Phi) is 2.52. The number of rotatable bonds is 2. The van der Waals surface area contributed by atoms with Gasteiger partial charge in [0.25, 0.3) is 0 Å². The molecular formula is C11H9IO2S2. The van der Waals surface area contributed by atoms with Crippen molar-refractivity contribution >= 4 is 60.6 Å². The van der Waals surface area contributed by atoms with Crippen molar-refractivity contribution in [1.29, 1.82) is 0 Å². The molecule has 3 rings (SSSR count). The first-order valence-corrected chi connectivity index (χ1v) is 7.65. The molecule has 2 nitrogen and oxygen atoms in total. The fourth-order valence-corrected chi connectivity index (χ4v) is 5.50. The molecule has 0 bridgehead atoms. The minimum Gasteiger partial charge on any atom is -0.468 e. The predicted octanol–water partition coefficient (Wildman–Crippen LogP) is 3.77. The van der Waals surface area contributed by atoms with E-state index in [1.807, 2.05) is 0 Å². The molecule has 1 aliphatic rings. The van der Waals surface area contributed by atoms with Crippen LogP contribution in [0.15, 0.2) is 12.1 Å². The lowest BCUT2D eigenvalue weighted by molar-refractivity contribution is -0.143. The summed E-state index contributed by atoms with van der Waals surface area (Å²) < 4.78 is 8.78. The van der Waals surface area contributed by atoms with Crippen molar-refractivity contribution in [3.05, 3.63) is 19.9 Å². The highest BCUT2D eigenvalue weighted by Crippen LogP contribution is 2.53. The lowest BCUT2D eigenvalue weighted by Crippen LogP contribution is -2.20. The van der Waals surface area contributed by atoms with Crippen LogP contribution in [0.25, 0.3) is 9.40 Å². The van der Waals surface area contributed by atoms with E-state index < -0.39 is 0 Å². The van der Waals surface area contributed by atoms with Crippen molar-refractivity contribution in [3.63, 3.8) is 0 Å². The Morgan fingerprint density at radius 3 is 2.62 bits per heavy atom. The van der Waals surface area contributed by atoms with Gasteiger partial charge in [-0.15, -0.1) is 22.7 Å². The summed E-state index contributed by atoms with van der Waals surface area (Å²) in [7, 11) is 1.47. The first-order chi connectivity index (χ1) is 7.65. The molecule has 2 aromatic rings. The van der Waals surface area contributed by atoms with Crippen molar-refractivity contribution < 1.29 is 9.53 Å². The Labute approximate surface area is 115 Å². The Bertz CT molecular complexity index is 534. The molecule has 16 heavy (non-hydrogen) atoms. The summed E-state index contributed by atoms with van der Waals surface area (Å²) in [4.78, 5) is 12.9. The van der Waals surface area contributed by atoms with E-state index in [9.17, 15) is 4.79 Å². The van der Waals surface area contributed by atoms with Gasteiger partial charge in [-0.2, -0.15) is 0 Å². The zero-order valence-electron chi connectivity index (χ0n) is 8.58. The number of carbonyl (C=O) groups excluding carboxylic acids is 1. The molecule has 0 atom stereocenters. The fraction of sp³-hybridized carbons (Fsp3) is 0.364. The van der Waals surface area contributed by atoms with E-state index in [0.29, 0.717) is 0 Å². The summed E-state index contributed by atoms with van der Waals surface area (Å²) >= 11 is 5.85. The highest BCUT2D eigenvalue weighted by Gasteiger charge is 2.53. The van der Waals surface area contributed by atoms with Gasteiger partial charge >= 0.3 is 5.97 Å². The van der Waals surface area contributed by atoms with E-state index in [0.717, 1.165) is 12.8 Å². The van der Waals surface area contributed by atoms with E-state index in [1.54, 1.807) is 22.7 Å². The van der Waals surface area contributed by atoms with Gasteiger partial charge in [0.1, 0.15) is 5.41 Å². The Balaban J connectivity index is 2.06. The topological polar surface area (TPSA) is 26.3 Å². The number of thiophene rings is 2. The second kappa shape index (κ2) is 3.68. The van der Waals surface area contributed by atoms with Crippen LogP contribution >= 0.6 is 45.3 Å². The largest absolute Gasteiger partial charge is 0.468 e. The molecule has 0 aliphatic heterocycles. The number of carbonyl (C=O) groups is 1. The van der Waals surface area contributed by atoms with Gasteiger partial charge in [-0.05, 0) is 47.6 Å². The van der Waals surface area contributed by atoms with E-state index in [2.05, 4.69) is 34.7 Å². The normalized spacial score (nSPS) is 17.6. The van der Waals surface area contributed by atoms with Crippen LogP contribution in [0, 0.1) is 2.88 Å². The maximum absolute atomic E-state index is 11.7. The zero-order chi connectivity index (χ0) is 11.3. The van der Waals surface area contributed by atoms with E-state index in [1.165, 1.54) is 24.3 Å². The molecule has 1 fully saturated rings. The number of ether oxygens (including phenoxy) is 1. The molecule has 0 aromatic carbocycles. The second-order valence-corrected chi connectivity index (χ2v) is 8.03. The van der Waals surface area contributed by atoms with Crippen molar-refractivity contribution in [2.75, 3.05) is 7.11 Å². The molecule has 0 N–H and O–H groups in total. The van der Waals surface area contributed by atoms with Gasteiger partial charge < -0.3 is 4.74 Å². The lowest BCUT2D eigenvalue weighted by atomic mass is 10.1. The molecule has 1 aliphatic carbocycles. The van der Waals surface area contributed by atoms with Crippen molar-refractivity contribution in [3.8, 4) is 0 Å². The zero-order valence-corrected chi connectivity index (χ0v) is 12.4. The summed E-state index contributed by atoms with van der Waals surface area (Å²) in [5.74, 6) is -0.0731. The van der Waals surface area contributed by atoms with Crippen LogP contribution in [-0.4, -0.2) is 13.1 Å². The third kappa shape index (κ3) is 1.52. The SMILES string of the molecule is COC(=O)C1(c2cc3sc(I)cc3s2)CC1. The number of hydrogen-bond donors (Lipinski definition) is 0.